The average molecular weight is 345 g/mol. The van der Waals surface area contributed by atoms with Crippen LogP contribution in [0.25, 0.3) is 11.3 Å². The van der Waals surface area contributed by atoms with Gasteiger partial charge >= 0.3 is 0 Å². The minimum absolute atomic E-state index is 0.00729. The summed E-state index contributed by atoms with van der Waals surface area (Å²) in [6.45, 7) is 1.62. The molecule has 1 aromatic carbocycles. The third-order valence-corrected chi connectivity index (χ3v) is 4.17. The van der Waals surface area contributed by atoms with Gasteiger partial charge in [-0.05, 0) is 19.1 Å². The number of thiazole rings is 1. The lowest BCUT2D eigenvalue weighted by Crippen LogP contribution is -2.11. The number of carbonyl (C=O) groups is 1. The molecule has 0 fully saturated rings. The average Bonchev–Trinajstić information content (AvgIpc) is 3.17. The van der Waals surface area contributed by atoms with E-state index in [1.165, 1.54) is 17.5 Å². The molecule has 5 nitrogen and oxygen atoms in total. The number of nitrogens with zero attached hydrogens (tertiary/aromatic N) is 3. The van der Waals surface area contributed by atoms with E-state index in [2.05, 4.69) is 10.1 Å². The molecule has 3 aromatic rings. The highest BCUT2D eigenvalue weighted by Crippen LogP contribution is 2.31. The van der Waals surface area contributed by atoms with Crippen molar-refractivity contribution in [1.29, 1.82) is 5.26 Å². The first kappa shape index (κ1) is 16.0. The van der Waals surface area contributed by atoms with Crippen molar-refractivity contribution in [2.75, 3.05) is 0 Å². The molecular weight excluding hydrogens is 336 g/mol. The number of benzene rings is 1. The second kappa shape index (κ2) is 6.29. The molecule has 0 N–H and O–H groups in total. The first-order chi connectivity index (χ1) is 11.5. The summed E-state index contributed by atoms with van der Waals surface area (Å²) in [5, 5.41) is 14.4. The van der Waals surface area contributed by atoms with Crippen molar-refractivity contribution in [2.45, 2.75) is 12.8 Å². The number of ketones is 1. The summed E-state index contributed by atoms with van der Waals surface area (Å²) >= 11 is 0.978. The maximum Gasteiger partial charge on any atom is 0.208 e. The second-order valence-corrected chi connectivity index (χ2v) is 5.81. The van der Waals surface area contributed by atoms with E-state index in [-0.39, 0.29) is 22.0 Å². The zero-order valence-corrected chi connectivity index (χ0v) is 13.1. The Kier molecular flexibility index (Phi) is 4.18. The number of nitriles is 1. The van der Waals surface area contributed by atoms with Gasteiger partial charge in [-0.3, -0.25) is 4.79 Å². The Morgan fingerprint density at radius 1 is 1.38 bits per heavy atom. The molecule has 0 bridgehead atoms. The third-order valence-electron chi connectivity index (χ3n) is 3.26. The Morgan fingerprint density at radius 3 is 2.67 bits per heavy atom. The van der Waals surface area contributed by atoms with Crippen LogP contribution in [0.1, 0.15) is 27.2 Å². The van der Waals surface area contributed by atoms with Crippen LogP contribution in [0.15, 0.2) is 34.2 Å². The van der Waals surface area contributed by atoms with E-state index in [9.17, 15) is 18.8 Å². The summed E-state index contributed by atoms with van der Waals surface area (Å²) in [5.41, 5.74) is -0.246. The van der Waals surface area contributed by atoms with Gasteiger partial charge in [0.05, 0.1) is 17.3 Å². The first-order valence-corrected chi connectivity index (χ1v) is 7.66. The number of hydrogen-bond donors (Lipinski definition) is 0. The molecule has 2 heterocycles. The number of hydrogen-bond acceptors (Lipinski definition) is 6. The van der Waals surface area contributed by atoms with Crippen molar-refractivity contribution in [1.82, 2.24) is 10.1 Å². The standard InChI is InChI=1S/C16H9F2N3O2S/c1-8-5-12(21-23-8)15(22)9(6-19)16-20-13(7-24-16)14-10(17)3-2-4-11(14)18/h2-5,7,9H,1H3/t9-/m0/s1. The second-order valence-electron chi connectivity index (χ2n) is 4.92. The number of aryl methyl sites for hydroxylation is 1. The molecule has 8 heteroatoms. The van der Waals surface area contributed by atoms with Crippen LogP contribution < -0.4 is 0 Å². The molecule has 0 aliphatic carbocycles. The predicted octanol–water partition coefficient (Wildman–Crippen LogP) is 3.87. The van der Waals surface area contributed by atoms with E-state index < -0.39 is 23.3 Å². The van der Waals surface area contributed by atoms with Gasteiger partial charge in [-0.1, -0.05) is 11.2 Å². The fraction of sp³-hybridized carbons (Fsp3) is 0.125. The number of rotatable bonds is 4. The molecule has 0 saturated heterocycles. The highest BCUT2D eigenvalue weighted by atomic mass is 32.1. The van der Waals surface area contributed by atoms with E-state index in [1.807, 2.05) is 6.07 Å². The third kappa shape index (κ3) is 2.81. The Hall–Kier alpha value is -2.92. The van der Waals surface area contributed by atoms with Crippen molar-refractivity contribution in [3.63, 3.8) is 0 Å². The number of halogens is 2. The van der Waals surface area contributed by atoms with Gasteiger partial charge in [-0.15, -0.1) is 11.3 Å². The van der Waals surface area contributed by atoms with Gasteiger partial charge < -0.3 is 4.52 Å². The quantitative estimate of drug-likeness (QED) is 0.671. The summed E-state index contributed by atoms with van der Waals surface area (Å²) in [6, 6.07) is 6.74. The molecule has 3 rings (SSSR count). The highest BCUT2D eigenvalue weighted by molar-refractivity contribution is 7.10. The molecule has 0 saturated carbocycles. The molecule has 2 aromatic heterocycles. The highest BCUT2D eigenvalue weighted by Gasteiger charge is 2.28. The maximum absolute atomic E-state index is 13.8. The summed E-state index contributed by atoms with van der Waals surface area (Å²) < 4.78 is 32.5. The lowest BCUT2D eigenvalue weighted by molar-refractivity contribution is 0.0970. The topological polar surface area (TPSA) is 79.8 Å². The van der Waals surface area contributed by atoms with Crippen molar-refractivity contribution in [3.05, 3.63) is 57.7 Å². The van der Waals surface area contributed by atoms with Crippen LogP contribution in [0, 0.1) is 29.9 Å². The SMILES string of the molecule is Cc1cc(C(=O)[C@H](C#N)c2nc(-c3c(F)cccc3F)cs2)no1. The molecule has 0 aliphatic heterocycles. The van der Waals surface area contributed by atoms with Crippen LogP contribution in [0.3, 0.4) is 0 Å². The molecular formula is C16H9F2N3O2S. The summed E-state index contributed by atoms with van der Waals surface area (Å²) in [4.78, 5) is 16.4. The van der Waals surface area contributed by atoms with Crippen LogP contribution in [-0.4, -0.2) is 15.9 Å². The predicted molar refractivity (Wildman–Crippen MR) is 81.4 cm³/mol. The van der Waals surface area contributed by atoms with Gasteiger partial charge in [-0.2, -0.15) is 5.26 Å². The lowest BCUT2D eigenvalue weighted by Gasteiger charge is -2.02. The zero-order chi connectivity index (χ0) is 17.3. The normalized spacial score (nSPS) is 11.9. The van der Waals surface area contributed by atoms with Gasteiger partial charge in [0.15, 0.2) is 11.6 Å². The van der Waals surface area contributed by atoms with E-state index in [0.29, 0.717) is 5.76 Å². The Labute approximate surface area is 139 Å². The van der Waals surface area contributed by atoms with Crippen LogP contribution in [-0.2, 0) is 0 Å². The molecule has 0 amide bonds. The van der Waals surface area contributed by atoms with Crippen molar-refractivity contribution >= 4 is 17.1 Å². The van der Waals surface area contributed by atoms with Gasteiger partial charge in [0.2, 0.25) is 5.78 Å². The van der Waals surface area contributed by atoms with Crippen molar-refractivity contribution in [3.8, 4) is 17.3 Å². The van der Waals surface area contributed by atoms with Gasteiger partial charge in [0.25, 0.3) is 0 Å². The smallest absolute Gasteiger partial charge is 0.208 e. The fourth-order valence-electron chi connectivity index (χ4n) is 2.13. The molecule has 120 valence electrons. The van der Waals surface area contributed by atoms with Crippen molar-refractivity contribution < 1.29 is 18.1 Å². The Morgan fingerprint density at radius 2 is 2.08 bits per heavy atom. The zero-order valence-electron chi connectivity index (χ0n) is 12.3. The van der Waals surface area contributed by atoms with Gasteiger partial charge in [0, 0.05) is 11.4 Å². The van der Waals surface area contributed by atoms with Crippen LogP contribution in [0.4, 0.5) is 8.78 Å². The Bertz CT molecular complexity index is 938. The summed E-state index contributed by atoms with van der Waals surface area (Å²) in [7, 11) is 0. The molecule has 0 spiro atoms. The number of aromatic nitrogens is 2. The first-order valence-electron chi connectivity index (χ1n) is 6.78. The lowest BCUT2D eigenvalue weighted by atomic mass is 10.0. The van der Waals surface area contributed by atoms with Gasteiger partial charge in [-0.25, -0.2) is 13.8 Å². The van der Waals surface area contributed by atoms with Crippen LogP contribution in [0.2, 0.25) is 0 Å². The molecule has 1 atom stereocenters. The Balaban J connectivity index is 1.97. The van der Waals surface area contributed by atoms with E-state index in [4.69, 9.17) is 4.52 Å². The van der Waals surface area contributed by atoms with Crippen molar-refractivity contribution in [2.24, 2.45) is 0 Å². The molecule has 0 unspecified atom stereocenters. The minimum atomic E-state index is -1.22. The van der Waals surface area contributed by atoms with Gasteiger partial charge in [0.1, 0.15) is 22.4 Å². The monoisotopic (exact) mass is 345 g/mol. The maximum atomic E-state index is 13.8. The van der Waals surface area contributed by atoms with E-state index in [1.54, 1.807) is 6.92 Å². The molecule has 0 radical (unpaired) electrons. The molecule has 24 heavy (non-hydrogen) atoms. The summed E-state index contributed by atoms with van der Waals surface area (Å²) in [5.74, 6) is -2.90. The molecule has 0 aliphatic rings. The van der Waals surface area contributed by atoms with Crippen LogP contribution in [0.5, 0.6) is 0 Å². The number of carbonyl (C=O) groups excluding carboxylic acids is 1. The van der Waals surface area contributed by atoms with E-state index in [0.717, 1.165) is 23.5 Å². The largest absolute Gasteiger partial charge is 0.361 e. The van der Waals surface area contributed by atoms with Crippen LogP contribution >= 0.6 is 11.3 Å². The van der Waals surface area contributed by atoms with E-state index >= 15 is 0 Å². The fourth-order valence-corrected chi connectivity index (χ4v) is 2.98. The number of Topliss-reactive ketones (excluding diaryl/α,β-unsaturated/α-hetero) is 1. The summed E-state index contributed by atoms with van der Waals surface area (Å²) in [6.07, 6.45) is 0. The minimum Gasteiger partial charge on any atom is -0.361 e.